The van der Waals surface area contributed by atoms with Crippen LogP contribution in [0.3, 0.4) is 0 Å². The molecule has 3 aromatic rings. The van der Waals surface area contributed by atoms with Crippen LogP contribution in [-0.4, -0.2) is 20.6 Å². The molecule has 1 unspecified atom stereocenters. The summed E-state index contributed by atoms with van der Waals surface area (Å²) in [4.78, 5) is 0. The monoisotopic (exact) mass is 758 g/mol. The van der Waals surface area contributed by atoms with Crippen molar-refractivity contribution in [2.24, 2.45) is 0 Å². The van der Waals surface area contributed by atoms with E-state index in [-0.39, 0.29) is 0 Å². The summed E-state index contributed by atoms with van der Waals surface area (Å²) < 4.78 is 0. The van der Waals surface area contributed by atoms with Crippen molar-refractivity contribution >= 4 is 47.3 Å². The van der Waals surface area contributed by atoms with Gasteiger partial charge in [0.1, 0.15) is 7.11 Å². The van der Waals surface area contributed by atoms with Gasteiger partial charge in [0.05, 0.1) is 7.11 Å². The Labute approximate surface area is 323 Å². The van der Waals surface area contributed by atoms with E-state index in [0.717, 1.165) is 0 Å². The lowest BCUT2D eigenvalue weighted by Gasteiger charge is -2.37. The van der Waals surface area contributed by atoms with E-state index in [2.05, 4.69) is 174 Å². The van der Waals surface area contributed by atoms with Crippen molar-refractivity contribution in [3.63, 3.8) is 0 Å². The van der Waals surface area contributed by atoms with Gasteiger partial charge in [-0.05, 0) is 109 Å². The molecule has 0 spiro atoms. The lowest BCUT2D eigenvalue weighted by atomic mass is 9.89. The second-order valence-electron chi connectivity index (χ2n) is 19.6. The second-order valence-corrected chi connectivity index (χ2v) is 51.8. The van der Waals surface area contributed by atoms with Crippen molar-refractivity contribution < 1.29 is 0 Å². The van der Waals surface area contributed by atoms with Crippen LogP contribution in [0.1, 0.15) is 228 Å². The molecule has 0 radical (unpaired) electrons. The summed E-state index contributed by atoms with van der Waals surface area (Å²) in [6.07, 6.45) is -2.69. The summed E-state index contributed by atoms with van der Waals surface area (Å²) >= 11 is 9.26. The fourth-order valence-corrected chi connectivity index (χ4v) is 86.5. The summed E-state index contributed by atoms with van der Waals surface area (Å²) in [7, 11) is -4.80. The Morgan fingerprint density at radius 3 is 0.706 bits per heavy atom. The molecule has 1 heterocycles. The van der Waals surface area contributed by atoms with Gasteiger partial charge in [0, 0.05) is 0 Å². The summed E-state index contributed by atoms with van der Waals surface area (Å²) in [6.45, 7) is 49.3. The summed E-state index contributed by atoms with van der Waals surface area (Å²) in [6, 6.07) is 15.8. The largest absolute Gasteiger partial charge is 0.173 e. The summed E-state index contributed by atoms with van der Waals surface area (Å²) in [5, 5.41) is 5.21. The highest BCUT2D eigenvalue weighted by molar-refractivity contribution is 8.27. The highest BCUT2D eigenvalue weighted by Crippen LogP contribution is 2.57. The average molecular weight is 760 g/mol. The first-order chi connectivity index (χ1) is 23.4. The van der Waals surface area contributed by atoms with Gasteiger partial charge in [0.15, 0.2) is 6.42 Å². The van der Waals surface area contributed by atoms with E-state index in [1.807, 2.05) is 0 Å². The molecule has 0 nitrogen and oxygen atoms in total. The third kappa shape index (κ3) is 6.69. The van der Waals surface area contributed by atoms with Gasteiger partial charge in [-0.1, -0.05) is 184 Å². The Balaban J connectivity index is 2.48. The Morgan fingerprint density at radius 1 is 0.333 bits per heavy atom. The van der Waals surface area contributed by atoms with Crippen molar-refractivity contribution in [2.75, 3.05) is 0 Å². The third-order valence-corrected chi connectivity index (χ3v) is 69.7. The molecule has 4 rings (SSSR count). The van der Waals surface area contributed by atoms with Crippen LogP contribution in [0, 0.1) is 0 Å². The Hall–Kier alpha value is -1.40. The standard InChI is InChI=1S/C47H75ClSi3/c1-27(2)36-21-39(30(7)8)45(40(22-36)31(9)10)50(46-41(32(11)12)23-37(28(3)4)24-42(46)33(13)14)49(19,20)51(50,48)47-43(34(15)16)25-38(29(5)6)26-44(47)35(17)18/h21-35H,1-20H3. The van der Waals surface area contributed by atoms with E-state index in [9.17, 15) is 11.1 Å². The number of hydrogen-bond acceptors (Lipinski definition) is 0. The highest BCUT2D eigenvalue weighted by atomic mass is 35.6. The third-order valence-electron chi connectivity index (χ3n) is 12.7. The lowest BCUT2D eigenvalue weighted by Crippen LogP contribution is -2.64. The van der Waals surface area contributed by atoms with Crippen LogP contribution in [-0.2, 0) is 0 Å². The van der Waals surface area contributed by atoms with Crippen molar-refractivity contribution in [3.8, 4) is 0 Å². The maximum atomic E-state index is 9.26. The molecule has 0 aliphatic carbocycles. The second kappa shape index (κ2) is 15.0. The summed E-state index contributed by atoms with van der Waals surface area (Å²) in [5.41, 5.74) is 14.0. The zero-order valence-corrected chi connectivity index (χ0v) is 40.3. The maximum Gasteiger partial charge on any atom is 0.173 e. The predicted octanol–water partition coefficient (Wildman–Crippen LogP) is 13.4. The maximum absolute atomic E-state index is 9.26. The van der Waals surface area contributed by atoms with E-state index >= 15 is 0 Å². The predicted molar refractivity (Wildman–Crippen MR) is 240 cm³/mol. The van der Waals surface area contributed by atoms with Crippen LogP contribution in [0.2, 0.25) is 13.1 Å². The summed E-state index contributed by atoms with van der Waals surface area (Å²) in [5.74, 6) is 4.02. The van der Waals surface area contributed by atoms with Crippen LogP contribution < -0.4 is 15.6 Å². The quantitative estimate of drug-likeness (QED) is 0.127. The van der Waals surface area contributed by atoms with Gasteiger partial charge in [-0.15, -0.1) is 0 Å². The lowest BCUT2D eigenvalue weighted by molar-refractivity contribution is 0.809. The topological polar surface area (TPSA) is 0 Å². The number of hydrogen-bond donors (Lipinski definition) is 0. The van der Waals surface area contributed by atoms with E-state index < -0.39 is 20.6 Å². The smallest absolute Gasteiger partial charge is 0.168 e. The minimum Gasteiger partial charge on any atom is -0.168 e. The van der Waals surface area contributed by atoms with Crippen LogP contribution in [0.5, 0.6) is 0 Å². The zero-order chi connectivity index (χ0) is 38.9. The minimum absolute atomic E-state index is 0.423. The molecule has 1 atom stereocenters. The molecular formula is C47H75ClSi3. The molecule has 282 valence electrons. The van der Waals surface area contributed by atoms with E-state index in [0.29, 0.717) is 53.3 Å². The first-order valence-electron chi connectivity index (χ1n) is 20.6. The molecule has 3 aromatic carbocycles. The van der Waals surface area contributed by atoms with Crippen LogP contribution in [0.25, 0.3) is 0 Å². The Morgan fingerprint density at radius 2 is 0.529 bits per heavy atom. The van der Waals surface area contributed by atoms with Crippen LogP contribution in [0.15, 0.2) is 36.4 Å². The zero-order valence-electron chi connectivity index (χ0n) is 36.5. The fourth-order valence-electron chi connectivity index (χ4n) is 9.55. The minimum atomic E-state index is -2.69. The van der Waals surface area contributed by atoms with Gasteiger partial charge in [-0.25, -0.2) is 0 Å². The number of halogens is 1. The molecule has 0 aromatic heterocycles. The molecule has 1 aliphatic rings. The average Bonchev–Trinajstić information content (AvgIpc) is 3.43. The molecule has 51 heavy (non-hydrogen) atoms. The van der Waals surface area contributed by atoms with Crippen molar-refractivity contribution in [1.82, 2.24) is 0 Å². The van der Waals surface area contributed by atoms with Crippen molar-refractivity contribution in [2.45, 2.75) is 191 Å². The Kier molecular flexibility index (Phi) is 12.5. The Bertz CT molecular complexity index is 1570. The SMILES string of the molecule is CC(C)c1cc(C(C)C)c([Si]2(Cl)[Si](C)(C)[Si]2(c2c(C(C)C)cc(C(C)C)cc2C(C)C)c2c(C(C)C)cc(C(C)C)cc2C(C)C)c(C(C)C)c1. The first kappa shape index (κ1) is 42.3. The first-order valence-corrected chi connectivity index (χ1v) is 31.7. The van der Waals surface area contributed by atoms with Gasteiger partial charge >= 0.3 is 0 Å². The molecule has 1 aliphatic heterocycles. The van der Waals surface area contributed by atoms with Gasteiger partial charge < -0.3 is 0 Å². The molecule has 0 saturated carbocycles. The van der Waals surface area contributed by atoms with E-state index in [1.165, 1.54) is 16.7 Å². The van der Waals surface area contributed by atoms with Gasteiger partial charge in [-0.3, -0.25) is 0 Å². The van der Waals surface area contributed by atoms with E-state index in [1.54, 1.807) is 48.9 Å². The molecule has 1 saturated heterocycles. The number of benzene rings is 3. The highest BCUT2D eigenvalue weighted by Gasteiger charge is 2.90. The molecule has 4 heteroatoms. The fraction of sp³-hybridized carbons (Fsp3) is 0.617. The van der Waals surface area contributed by atoms with E-state index in [4.69, 9.17) is 0 Å². The molecule has 0 amide bonds. The molecule has 0 bridgehead atoms. The normalized spacial score (nSPS) is 18.7. The van der Waals surface area contributed by atoms with Gasteiger partial charge in [-0.2, -0.15) is 11.1 Å². The van der Waals surface area contributed by atoms with Gasteiger partial charge in [0.25, 0.3) is 0 Å². The van der Waals surface area contributed by atoms with Crippen LogP contribution >= 0.6 is 11.1 Å². The van der Waals surface area contributed by atoms with Gasteiger partial charge in [0.2, 0.25) is 0 Å². The van der Waals surface area contributed by atoms with Crippen molar-refractivity contribution in [3.05, 3.63) is 86.5 Å². The number of rotatable bonds is 12. The molecular weight excluding hydrogens is 684 g/mol. The molecule has 1 fully saturated rings. The van der Waals surface area contributed by atoms with Crippen LogP contribution in [0.4, 0.5) is 0 Å². The van der Waals surface area contributed by atoms with Crippen molar-refractivity contribution in [1.29, 1.82) is 0 Å². The molecule has 0 N–H and O–H groups in total.